The van der Waals surface area contributed by atoms with Gasteiger partial charge in [-0.2, -0.15) is 0 Å². The van der Waals surface area contributed by atoms with E-state index < -0.39 is 0 Å². The number of aromatic nitrogens is 1. The Hall–Kier alpha value is -1.93. The summed E-state index contributed by atoms with van der Waals surface area (Å²) >= 11 is 0. The lowest BCUT2D eigenvalue weighted by atomic mass is 10.2. The lowest BCUT2D eigenvalue weighted by Gasteiger charge is -2.30. The van der Waals surface area contributed by atoms with E-state index >= 15 is 0 Å². The Balaban J connectivity index is 1.85. The summed E-state index contributed by atoms with van der Waals surface area (Å²) in [5, 5.41) is 6.30. The van der Waals surface area contributed by atoms with E-state index in [9.17, 15) is 9.59 Å². The average Bonchev–Trinajstić information content (AvgIpc) is 3.12. The van der Waals surface area contributed by atoms with Crippen LogP contribution in [0.2, 0.25) is 0 Å². The van der Waals surface area contributed by atoms with Crippen molar-refractivity contribution in [3.63, 3.8) is 0 Å². The van der Waals surface area contributed by atoms with Crippen LogP contribution in [0.3, 0.4) is 0 Å². The first kappa shape index (κ1) is 19.4. The van der Waals surface area contributed by atoms with Crippen LogP contribution in [0.1, 0.15) is 32.6 Å². The lowest BCUT2D eigenvalue weighted by molar-refractivity contribution is -0.135. The molecule has 0 atom stereocenters. The van der Waals surface area contributed by atoms with E-state index in [0.717, 1.165) is 52.1 Å². The van der Waals surface area contributed by atoms with Gasteiger partial charge in [0, 0.05) is 38.7 Å². The van der Waals surface area contributed by atoms with Crippen molar-refractivity contribution in [2.45, 2.75) is 32.6 Å². The van der Waals surface area contributed by atoms with Gasteiger partial charge in [-0.15, -0.1) is 0 Å². The predicted molar refractivity (Wildman–Crippen MR) is 93.1 cm³/mol. The zero-order valence-corrected chi connectivity index (χ0v) is 14.9. The summed E-state index contributed by atoms with van der Waals surface area (Å²) in [4.78, 5) is 28.6. The molecular weight excluding hydrogens is 324 g/mol. The van der Waals surface area contributed by atoms with Crippen LogP contribution >= 0.6 is 0 Å². The number of carbonyl (C=O) groups is 2. The zero-order chi connectivity index (χ0) is 17.9. The van der Waals surface area contributed by atoms with Gasteiger partial charge in [-0.3, -0.25) is 14.5 Å². The highest BCUT2D eigenvalue weighted by Gasteiger charge is 2.19. The van der Waals surface area contributed by atoms with E-state index in [2.05, 4.69) is 22.3 Å². The van der Waals surface area contributed by atoms with E-state index in [1.54, 1.807) is 11.0 Å². The van der Waals surface area contributed by atoms with Gasteiger partial charge in [-0.25, -0.2) is 0 Å². The third-order valence-corrected chi connectivity index (χ3v) is 4.18. The van der Waals surface area contributed by atoms with Gasteiger partial charge in [0.05, 0.1) is 19.8 Å². The van der Waals surface area contributed by atoms with Crippen LogP contribution in [0.5, 0.6) is 0 Å². The number of ether oxygens (including phenoxy) is 1. The second kappa shape index (κ2) is 10.8. The summed E-state index contributed by atoms with van der Waals surface area (Å²) in [6, 6.07) is 1.57. The van der Waals surface area contributed by atoms with Crippen LogP contribution in [0.4, 0.5) is 5.82 Å². The fourth-order valence-corrected chi connectivity index (χ4v) is 2.70. The Morgan fingerprint density at radius 3 is 2.80 bits per heavy atom. The normalized spacial score (nSPS) is 15.1. The summed E-state index contributed by atoms with van der Waals surface area (Å²) in [5.41, 5.74) is 0. The highest BCUT2D eigenvalue weighted by molar-refractivity contribution is 5.93. The number of anilines is 1. The molecule has 1 fully saturated rings. The summed E-state index contributed by atoms with van der Waals surface area (Å²) in [5.74, 6) is 0.119. The van der Waals surface area contributed by atoms with Gasteiger partial charge in [0.25, 0.3) is 0 Å². The van der Waals surface area contributed by atoms with Gasteiger partial charge in [-0.05, 0) is 6.42 Å². The third-order valence-electron chi connectivity index (χ3n) is 4.18. The molecular formula is C17H28N4O4. The molecule has 0 spiro atoms. The molecule has 8 nitrogen and oxygen atoms in total. The second-order valence-electron chi connectivity index (χ2n) is 6.16. The van der Waals surface area contributed by atoms with Crippen molar-refractivity contribution in [1.29, 1.82) is 0 Å². The quantitative estimate of drug-likeness (QED) is 0.640. The van der Waals surface area contributed by atoms with E-state index in [1.165, 1.54) is 6.26 Å². The Bertz CT molecular complexity index is 515. The first-order chi connectivity index (χ1) is 12.2. The van der Waals surface area contributed by atoms with Crippen molar-refractivity contribution in [1.82, 2.24) is 15.0 Å². The second-order valence-corrected chi connectivity index (χ2v) is 6.16. The van der Waals surface area contributed by atoms with Crippen LogP contribution in [-0.4, -0.2) is 72.7 Å². The van der Waals surface area contributed by atoms with Crippen molar-refractivity contribution in [3.8, 4) is 0 Å². The Morgan fingerprint density at radius 2 is 2.12 bits per heavy atom. The Kier molecular flexibility index (Phi) is 8.41. The number of amides is 2. The van der Waals surface area contributed by atoms with Crippen molar-refractivity contribution in [2.24, 2.45) is 0 Å². The average molecular weight is 352 g/mol. The molecule has 25 heavy (non-hydrogen) atoms. The van der Waals surface area contributed by atoms with Gasteiger partial charge in [0.15, 0.2) is 5.82 Å². The molecule has 2 amide bonds. The number of hydrogen-bond acceptors (Lipinski definition) is 6. The minimum absolute atomic E-state index is 0.0250. The van der Waals surface area contributed by atoms with Gasteiger partial charge in [0.2, 0.25) is 11.8 Å². The number of rotatable bonds is 10. The smallest absolute Gasteiger partial charge is 0.245 e. The van der Waals surface area contributed by atoms with Crippen molar-refractivity contribution in [2.75, 3.05) is 51.3 Å². The van der Waals surface area contributed by atoms with E-state index in [1.807, 2.05) is 0 Å². The molecule has 1 N–H and O–H groups in total. The highest BCUT2D eigenvalue weighted by Crippen LogP contribution is 2.06. The maximum Gasteiger partial charge on any atom is 0.245 e. The predicted octanol–water partition coefficient (Wildman–Crippen LogP) is 1.35. The molecule has 1 aromatic heterocycles. The first-order valence-electron chi connectivity index (χ1n) is 8.97. The summed E-state index contributed by atoms with van der Waals surface area (Å²) in [7, 11) is 0. The number of hydrogen-bond donors (Lipinski definition) is 1. The maximum atomic E-state index is 12.5. The molecule has 0 aromatic carbocycles. The Labute approximate surface area is 148 Å². The number of unbranched alkanes of at least 4 members (excludes halogenated alkanes) is 2. The first-order valence-corrected chi connectivity index (χ1v) is 8.97. The minimum Gasteiger partial charge on any atom is -0.379 e. The molecule has 1 aliphatic heterocycles. The van der Waals surface area contributed by atoms with Crippen molar-refractivity contribution < 1.29 is 18.8 Å². The largest absolute Gasteiger partial charge is 0.379 e. The molecule has 1 aromatic rings. The van der Waals surface area contributed by atoms with Gasteiger partial charge in [-0.1, -0.05) is 24.9 Å². The summed E-state index contributed by atoms with van der Waals surface area (Å²) in [6.45, 7) is 6.59. The highest BCUT2D eigenvalue weighted by atomic mass is 16.5. The molecule has 0 unspecified atom stereocenters. The molecule has 2 heterocycles. The maximum absolute atomic E-state index is 12.5. The third kappa shape index (κ3) is 7.23. The lowest BCUT2D eigenvalue weighted by Crippen LogP contribution is -2.45. The van der Waals surface area contributed by atoms with E-state index in [0.29, 0.717) is 18.8 Å². The zero-order valence-electron chi connectivity index (χ0n) is 14.9. The molecule has 0 radical (unpaired) electrons. The van der Waals surface area contributed by atoms with Crippen LogP contribution < -0.4 is 5.32 Å². The van der Waals surface area contributed by atoms with Gasteiger partial charge in [0.1, 0.15) is 6.26 Å². The number of nitrogens with one attached hydrogen (secondary N) is 1. The number of morpholine rings is 1. The molecule has 8 heteroatoms. The van der Waals surface area contributed by atoms with Crippen molar-refractivity contribution >= 4 is 17.6 Å². The molecule has 1 aliphatic rings. The van der Waals surface area contributed by atoms with Crippen LogP contribution in [0.25, 0.3) is 0 Å². The SMILES string of the molecule is CCCCCC(=O)N(CCN1CCOCC1)CC(=O)Nc1ccon1. The molecule has 0 saturated carbocycles. The standard InChI is InChI=1S/C17H28N4O4/c1-2-3-4-5-17(23)21(8-7-20-9-12-24-13-10-20)14-16(22)18-15-6-11-25-19-15/h6,11H,2-5,7-10,12-14H2,1H3,(H,18,19,22). The number of nitrogens with zero attached hydrogens (tertiary/aromatic N) is 3. The topological polar surface area (TPSA) is 87.9 Å². The fraction of sp³-hybridized carbons (Fsp3) is 0.706. The van der Waals surface area contributed by atoms with Crippen LogP contribution in [0, 0.1) is 0 Å². The molecule has 2 rings (SSSR count). The molecule has 0 aliphatic carbocycles. The summed E-state index contributed by atoms with van der Waals surface area (Å²) < 4.78 is 10.0. The van der Waals surface area contributed by atoms with E-state index in [-0.39, 0.29) is 18.4 Å². The molecule has 0 bridgehead atoms. The summed E-state index contributed by atoms with van der Waals surface area (Å²) in [6.07, 6.45) is 4.81. The molecule has 140 valence electrons. The van der Waals surface area contributed by atoms with Crippen molar-refractivity contribution in [3.05, 3.63) is 12.3 Å². The monoisotopic (exact) mass is 352 g/mol. The van der Waals surface area contributed by atoms with Gasteiger partial charge < -0.3 is 19.5 Å². The minimum atomic E-state index is -0.264. The molecule has 1 saturated heterocycles. The van der Waals surface area contributed by atoms with Crippen LogP contribution in [0.15, 0.2) is 16.9 Å². The van der Waals surface area contributed by atoms with Crippen LogP contribution in [-0.2, 0) is 14.3 Å². The van der Waals surface area contributed by atoms with E-state index in [4.69, 9.17) is 9.26 Å². The number of carbonyl (C=O) groups excluding carboxylic acids is 2. The fourth-order valence-electron chi connectivity index (χ4n) is 2.70. The van der Waals surface area contributed by atoms with Gasteiger partial charge >= 0.3 is 0 Å². The Morgan fingerprint density at radius 1 is 1.32 bits per heavy atom.